The lowest BCUT2D eigenvalue weighted by molar-refractivity contribution is -0.114. The molecule has 0 atom stereocenters. The number of nitrogens with one attached hydrogen (secondary N) is 2. The van der Waals surface area contributed by atoms with Gasteiger partial charge in [0.25, 0.3) is 20.0 Å². The Kier molecular flexibility index (Phi) is 8.99. The molecular weight excluding hydrogens is 562 g/mol. The van der Waals surface area contributed by atoms with Crippen LogP contribution in [0.1, 0.15) is 18.1 Å². The fourth-order valence-electron chi connectivity index (χ4n) is 4.13. The van der Waals surface area contributed by atoms with Crippen molar-refractivity contribution in [1.29, 1.82) is 0 Å². The van der Waals surface area contributed by atoms with Gasteiger partial charge in [-0.25, -0.2) is 16.8 Å². The summed E-state index contributed by atoms with van der Waals surface area (Å²) < 4.78 is 62.1. The number of nitrogens with zero attached hydrogens (tertiary/aromatic N) is 1. The fraction of sp³-hybridized carbons (Fsp3) is 0.167. The second kappa shape index (κ2) is 12.4. The topological polar surface area (TPSA) is 122 Å². The SMILES string of the molecule is CCOc1ccc(N(CC(=O)Nc2ccc(S(=O)(=O)Nc3c(C)cccc3C)cc2)S(=O)(=O)c2ccccc2)cc1. The standard InChI is InChI=1S/C30H31N3O6S2/c1-4-39-26-17-15-25(16-18-26)33(41(37,38)28-11-6-5-7-12-28)21-29(34)31-24-13-19-27(20-14-24)40(35,36)32-30-22(2)9-8-10-23(30)3/h5-20,32H,4,21H2,1-3H3,(H,31,34). The third-order valence-corrected chi connectivity index (χ3v) is 9.37. The molecule has 11 heteroatoms. The smallest absolute Gasteiger partial charge is 0.264 e. The van der Waals surface area contributed by atoms with Gasteiger partial charge >= 0.3 is 0 Å². The van der Waals surface area contributed by atoms with Crippen LogP contribution in [-0.4, -0.2) is 35.9 Å². The summed E-state index contributed by atoms with van der Waals surface area (Å²) in [7, 11) is -7.96. The molecule has 41 heavy (non-hydrogen) atoms. The van der Waals surface area contributed by atoms with E-state index in [1.165, 1.54) is 36.4 Å². The second-order valence-corrected chi connectivity index (χ2v) is 12.7. The first kappa shape index (κ1) is 29.6. The molecule has 0 aromatic heterocycles. The summed E-state index contributed by atoms with van der Waals surface area (Å²) in [5, 5.41) is 2.66. The fourth-order valence-corrected chi connectivity index (χ4v) is 6.77. The lowest BCUT2D eigenvalue weighted by atomic mass is 10.1. The average molecular weight is 594 g/mol. The van der Waals surface area contributed by atoms with Crippen molar-refractivity contribution in [3.8, 4) is 5.75 Å². The average Bonchev–Trinajstić information content (AvgIpc) is 2.95. The molecule has 4 rings (SSSR count). The zero-order valence-corrected chi connectivity index (χ0v) is 24.5. The summed E-state index contributed by atoms with van der Waals surface area (Å²) >= 11 is 0. The highest BCUT2D eigenvalue weighted by molar-refractivity contribution is 7.93. The van der Waals surface area contributed by atoms with E-state index in [0.717, 1.165) is 15.4 Å². The Morgan fingerprint density at radius 2 is 1.37 bits per heavy atom. The van der Waals surface area contributed by atoms with E-state index >= 15 is 0 Å². The first-order valence-corrected chi connectivity index (χ1v) is 15.7. The molecule has 0 bridgehead atoms. The molecule has 0 fully saturated rings. The van der Waals surface area contributed by atoms with Gasteiger partial charge in [0.1, 0.15) is 12.3 Å². The predicted molar refractivity (Wildman–Crippen MR) is 160 cm³/mol. The van der Waals surface area contributed by atoms with Crippen LogP contribution in [0.5, 0.6) is 5.75 Å². The maximum atomic E-state index is 13.5. The third-order valence-electron chi connectivity index (χ3n) is 6.22. The van der Waals surface area contributed by atoms with Crippen molar-refractivity contribution in [2.45, 2.75) is 30.6 Å². The number of carbonyl (C=O) groups is 1. The Bertz CT molecular complexity index is 1700. The van der Waals surface area contributed by atoms with Crippen molar-refractivity contribution in [2.24, 2.45) is 0 Å². The van der Waals surface area contributed by atoms with Crippen molar-refractivity contribution >= 4 is 43.0 Å². The van der Waals surface area contributed by atoms with E-state index in [1.807, 2.05) is 39.0 Å². The summed E-state index contributed by atoms with van der Waals surface area (Å²) in [6, 6.07) is 25.4. The Balaban J connectivity index is 1.53. The molecule has 0 aliphatic carbocycles. The van der Waals surface area contributed by atoms with Gasteiger partial charge in [-0.05, 0) is 92.6 Å². The van der Waals surface area contributed by atoms with Gasteiger partial charge in [0.2, 0.25) is 5.91 Å². The number of carbonyl (C=O) groups excluding carboxylic acids is 1. The molecule has 0 aliphatic heterocycles. The summed E-state index contributed by atoms with van der Waals surface area (Å²) in [6.07, 6.45) is 0. The zero-order chi connectivity index (χ0) is 29.6. The molecule has 214 valence electrons. The largest absolute Gasteiger partial charge is 0.494 e. The van der Waals surface area contributed by atoms with E-state index in [-0.39, 0.29) is 15.5 Å². The molecule has 0 spiro atoms. The molecule has 4 aromatic carbocycles. The Hall–Kier alpha value is -4.35. The summed E-state index contributed by atoms with van der Waals surface area (Å²) in [6.45, 7) is 5.42. The number of anilines is 3. The van der Waals surface area contributed by atoms with Crippen LogP contribution in [0, 0.1) is 13.8 Å². The van der Waals surface area contributed by atoms with Crippen molar-refractivity contribution < 1.29 is 26.4 Å². The van der Waals surface area contributed by atoms with Gasteiger partial charge in [0.15, 0.2) is 0 Å². The number of amides is 1. The summed E-state index contributed by atoms with van der Waals surface area (Å²) in [4.78, 5) is 13.1. The Labute approximate surface area is 240 Å². The number of ether oxygens (including phenoxy) is 1. The van der Waals surface area contributed by atoms with E-state index in [0.29, 0.717) is 23.7 Å². The highest BCUT2D eigenvalue weighted by atomic mass is 32.2. The van der Waals surface area contributed by atoms with Gasteiger partial charge in [0, 0.05) is 5.69 Å². The Morgan fingerprint density at radius 1 is 0.756 bits per heavy atom. The van der Waals surface area contributed by atoms with Gasteiger partial charge in [-0.15, -0.1) is 0 Å². The molecule has 0 unspecified atom stereocenters. The van der Waals surface area contributed by atoms with Crippen LogP contribution in [0.25, 0.3) is 0 Å². The maximum absolute atomic E-state index is 13.5. The molecule has 0 radical (unpaired) electrons. The van der Waals surface area contributed by atoms with E-state index < -0.39 is 32.5 Å². The molecule has 2 N–H and O–H groups in total. The highest BCUT2D eigenvalue weighted by Gasteiger charge is 2.27. The van der Waals surface area contributed by atoms with E-state index in [9.17, 15) is 21.6 Å². The highest BCUT2D eigenvalue weighted by Crippen LogP contribution is 2.27. The van der Waals surface area contributed by atoms with Gasteiger partial charge in [-0.3, -0.25) is 13.8 Å². The maximum Gasteiger partial charge on any atom is 0.264 e. The van der Waals surface area contributed by atoms with Gasteiger partial charge < -0.3 is 10.1 Å². The van der Waals surface area contributed by atoms with Crippen molar-refractivity contribution in [3.63, 3.8) is 0 Å². The number of sulfonamides is 2. The minimum atomic E-state index is -4.09. The van der Waals surface area contributed by atoms with Crippen LogP contribution in [-0.2, 0) is 24.8 Å². The molecule has 1 amide bonds. The first-order chi connectivity index (χ1) is 19.5. The molecular formula is C30H31N3O6S2. The lowest BCUT2D eigenvalue weighted by Crippen LogP contribution is -2.38. The van der Waals surface area contributed by atoms with Crippen molar-refractivity contribution in [1.82, 2.24) is 0 Å². The van der Waals surface area contributed by atoms with Crippen LogP contribution in [0.3, 0.4) is 0 Å². The molecule has 0 saturated carbocycles. The number of rotatable bonds is 11. The van der Waals surface area contributed by atoms with E-state index in [2.05, 4.69) is 10.0 Å². The van der Waals surface area contributed by atoms with E-state index in [4.69, 9.17) is 4.74 Å². The quantitative estimate of drug-likeness (QED) is 0.242. The van der Waals surface area contributed by atoms with Crippen LogP contribution in [0.2, 0.25) is 0 Å². The van der Waals surface area contributed by atoms with Crippen LogP contribution in [0.15, 0.2) is 107 Å². The number of para-hydroxylation sites is 1. The van der Waals surface area contributed by atoms with Crippen LogP contribution < -0.4 is 19.1 Å². The van der Waals surface area contributed by atoms with Gasteiger partial charge in [-0.2, -0.15) is 0 Å². The molecule has 9 nitrogen and oxygen atoms in total. The van der Waals surface area contributed by atoms with Crippen LogP contribution >= 0.6 is 0 Å². The second-order valence-electron chi connectivity index (χ2n) is 9.20. The monoisotopic (exact) mass is 593 g/mol. The first-order valence-electron chi connectivity index (χ1n) is 12.8. The number of benzene rings is 4. The molecule has 0 heterocycles. The lowest BCUT2D eigenvalue weighted by Gasteiger charge is -2.24. The minimum Gasteiger partial charge on any atom is -0.494 e. The van der Waals surface area contributed by atoms with Crippen molar-refractivity contribution in [3.05, 3.63) is 108 Å². The number of hydrogen-bond donors (Lipinski definition) is 2. The van der Waals surface area contributed by atoms with Crippen LogP contribution in [0.4, 0.5) is 17.1 Å². The third kappa shape index (κ3) is 7.05. The zero-order valence-electron chi connectivity index (χ0n) is 22.9. The van der Waals surface area contributed by atoms with E-state index in [1.54, 1.807) is 42.5 Å². The predicted octanol–water partition coefficient (Wildman–Crippen LogP) is 5.34. The normalized spacial score (nSPS) is 11.5. The summed E-state index contributed by atoms with van der Waals surface area (Å²) in [5.41, 5.74) is 2.69. The Morgan fingerprint density at radius 3 is 1.95 bits per heavy atom. The minimum absolute atomic E-state index is 0.0146. The van der Waals surface area contributed by atoms with Crippen molar-refractivity contribution in [2.75, 3.05) is 27.5 Å². The molecule has 0 aliphatic rings. The van der Waals surface area contributed by atoms with Gasteiger partial charge in [0.05, 0.1) is 27.8 Å². The number of aryl methyl sites for hydroxylation is 2. The summed E-state index contributed by atoms with van der Waals surface area (Å²) in [5.74, 6) is -0.0393. The molecule has 0 saturated heterocycles. The molecule has 4 aromatic rings. The van der Waals surface area contributed by atoms with Gasteiger partial charge in [-0.1, -0.05) is 36.4 Å². The number of hydrogen-bond acceptors (Lipinski definition) is 6.